The fraction of sp³-hybridized carbons (Fsp3) is 0.556. The molecule has 1 aromatic rings. The molecule has 0 spiro atoms. The van der Waals surface area contributed by atoms with Crippen LogP contribution in [0.15, 0.2) is 24.3 Å². The molecule has 0 bridgehead atoms. The van der Waals surface area contributed by atoms with Crippen molar-refractivity contribution in [2.45, 2.75) is 45.3 Å². The lowest BCUT2D eigenvalue weighted by molar-refractivity contribution is -0.143. The fourth-order valence-corrected chi connectivity index (χ4v) is 3.34. The number of nitrogens with zero attached hydrogens (tertiary/aromatic N) is 1. The highest BCUT2D eigenvalue weighted by Gasteiger charge is 2.30. The predicted molar refractivity (Wildman–Crippen MR) is 88.1 cm³/mol. The SMILES string of the molecule is C[C@@H]1CN(C(=O)CC[C@H]2Cc3ccccc3NC2=O)[C@H](C)CO1. The minimum atomic E-state index is -0.123. The second-order valence-corrected chi connectivity index (χ2v) is 6.63. The molecule has 1 aromatic carbocycles. The van der Waals surface area contributed by atoms with Gasteiger partial charge in [0.05, 0.1) is 18.8 Å². The molecule has 23 heavy (non-hydrogen) atoms. The van der Waals surface area contributed by atoms with E-state index in [0.717, 1.165) is 11.3 Å². The zero-order valence-corrected chi connectivity index (χ0v) is 13.7. The van der Waals surface area contributed by atoms with Gasteiger partial charge in [0, 0.05) is 24.6 Å². The van der Waals surface area contributed by atoms with E-state index in [1.165, 1.54) is 0 Å². The zero-order chi connectivity index (χ0) is 16.4. The van der Waals surface area contributed by atoms with Gasteiger partial charge in [0.15, 0.2) is 0 Å². The summed E-state index contributed by atoms with van der Waals surface area (Å²) >= 11 is 0. The molecule has 5 nitrogen and oxygen atoms in total. The Labute approximate surface area is 137 Å². The maximum Gasteiger partial charge on any atom is 0.227 e. The smallest absolute Gasteiger partial charge is 0.227 e. The highest BCUT2D eigenvalue weighted by molar-refractivity contribution is 5.96. The molecule has 3 rings (SSSR count). The number of ether oxygens (including phenoxy) is 1. The molecule has 0 saturated carbocycles. The Morgan fingerprint density at radius 3 is 2.96 bits per heavy atom. The lowest BCUT2D eigenvalue weighted by atomic mass is 9.89. The van der Waals surface area contributed by atoms with Crippen molar-refractivity contribution in [3.8, 4) is 0 Å². The van der Waals surface area contributed by atoms with Gasteiger partial charge in [-0.2, -0.15) is 0 Å². The Morgan fingerprint density at radius 1 is 1.35 bits per heavy atom. The second kappa shape index (κ2) is 6.71. The summed E-state index contributed by atoms with van der Waals surface area (Å²) in [4.78, 5) is 26.6. The lowest BCUT2D eigenvalue weighted by Gasteiger charge is -2.37. The Kier molecular flexibility index (Phi) is 4.66. The first-order chi connectivity index (χ1) is 11.0. The molecule has 0 aromatic heterocycles. The molecule has 1 N–H and O–H groups in total. The van der Waals surface area contributed by atoms with Crippen LogP contribution in [0.1, 0.15) is 32.3 Å². The van der Waals surface area contributed by atoms with Crippen molar-refractivity contribution in [1.29, 1.82) is 0 Å². The van der Waals surface area contributed by atoms with Gasteiger partial charge in [-0.05, 0) is 38.3 Å². The van der Waals surface area contributed by atoms with Crippen LogP contribution in [0.3, 0.4) is 0 Å². The normalized spacial score (nSPS) is 27.3. The van der Waals surface area contributed by atoms with E-state index in [-0.39, 0.29) is 29.9 Å². The van der Waals surface area contributed by atoms with Gasteiger partial charge in [0.25, 0.3) is 0 Å². The van der Waals surface area contributed by atoms with Crippen molar-refractivity contribution in [2.75, 3.05) is 18.5 Å². The van der Waals surface area contributed by atoms with Gasteiger partial charge in [0.2, 0.25) is 11.8 Å². The van der Waals surface area contributed by atoms with Crippen LogP contribution < -0.4 is 5.32 Å². The summed E-state index contributed by atoms with van der Waals surface area (Å²) in [5, 5.41) is 2.95. The standard InChI is InChI=1S/C18H24N2O3/c1-12-11-23-13(2)10-20(12)17(21)8-7-15-9-14-5-3-4-6-16(14)19-18(15)22/h3-6,12-13,15H,7-11H2,1-2H3,(H,19,22)/t12-,13-,15+/m1/s1. The van der Waals surface area contributed by atoms with E-state index in [4.69, 9.17) is 4.74 Å². The number of hydrogen-bond donors (Lipinski definition) is 1. The largest absolute Gasteiger partial charge is 0.375 e. The number of anilines is 1. The van der Waals surface area contributed by atoms with Crippen molar-refractivity contribution in [3.05, 3.63) is 29.8 Å². The second-order valence-electron chi connectivity index (χ2n) is 6.63. The summed E-state index contributed by atoms with van der Waals surface area (Å²) in [6.07, 6.45) is 1.80. The Balaban J connectivity index is 1.58. The van der Waals surface area contributed by atoms with Gasteiger partial charge < -0.3 is 15.0 Å². The number of para-hydroxylation sites is 1. The van der Waals surface area contributed by atoms with E-state index in [2.05, 4.69) is 5.32 Å². The Bertz CT molecular complexity index is 602. The first kappa shape index (κ1) is 16.0. The van der Waals surface area contributed by atoms with E-state index >= 15 is 0 Å². The van der Waals surface area contributed by atoms with Crippen LogP contribution in [0, 0.1) is 5.92 Å². The van der Waals surface area contributed by atoms with Gasteiger partial charge in [-0.3, -0.25) is 9.59 Å². The van der Waals surface area contributed by atoms with E-state index in [0.29, 0.717) is 32.4 Å². The third-order valence-corrected chi connectivity index (χ3v) is 4.75. The predicted octanol–water partition coefficient (Wildman–Crippen LogP) is 2.21. The van der Waals surface area contributed by atoms with Crippen LogP contribution in [0.25, 0.3) is 0 Å². The number of morpholine rings is 1. The summed E-state index contributed by atoms with van der Waals surface area (Å²) in [6.45, 7) is 5.22. The van der Waals surface area contributed by atoms with Crippen molar-refractivity contribution in [3.63, 3.8) is 0 Å². The number of nitrogens with one attached hydrogen (secondary N) is 1. The van der Waals surface area contributed by atoms with Crippen LogP contribution >= 0.6 is 0 Å². The summed E-state index contributed by atoms with van der Waals surface area (Å²) < 4.78 is 5.56. The summed E-state index contributed by atoms with van der Waals surface area (Å²) in [7, 11) is 0. The zero-order valence-electron chi connectivity index (χ0n) is 13.7. The van der Waals surface area contributed by atoms with Crippen LogP contribution in [0.2, 0.25) is 0 Å². The molecule has 5 heteroatoms. The van der Waals surface area contributed by atoms with Crippen molar-refractivity contribution in [2.24, 2.45) is 5.92 Å². The molecule has 2 aliphatic rings. The van der Waals surface area contributed by atoms with Crippen LogP contribution in [-0.4, -0.2) is 42.0 Å². The van der Waals surface area contributed by atoms with Gasteiger partial charge >= 0.3 is 0 Å². The third-order valence-electron chi connectivity index (χ3n) is 4.75. The number of carbonyl (C=O) groups is 2. The molecule has 0 aliphatic carbocycles. The molecule has 2 heterocycles. The highest BCUT2D eigenvalue weighted by atomic mass is 16.5. The number of carbonyl (C=O) groups excluding carboxylic acids is 2. The van der Waals surface area contributed by atoms with Crippen molar-refractivity contribution < 1.29 is 14.3 Å². The lowest BCUT2D eigenvalue weighted by Crippen LogP contribution is -2.50. The van der Waals surface area contributed by atoms with E-state index in [1.54, 1.807) is 0 Å². The molecule has 0 radical (unpaired) electrons. The van der Waals surface area contributed by atoms with Gasteiger partial charge in [-0.1, -0.05) is 18.2 Å². The van der Waals surface area contributed by atoms with Gasteiger partial charge in [-0.15, -0.1) is 0 Å². The topological polar surface area (TPSA) is 58.6 Å². The molecule has 1 fully saturated rings. The van der Waals surface area contributed by atoms with Gasteiger partial charge in [-0.25, -0.2) is 0 Å². The number of fused-ring (bicyclic) bond motifs is 1. The number of hydrogen-bond acceptors (Lipinski definition) is 3. The molecule has 2 aliphatic heterocycles. The quantitative estimate of drug-likeness (QED) is 0.930. The maximum atomic E-state index is 12.5. The Morgan fingerprint density at radius 2 is 2.13 bits per heavy atom. The molecule has 3 atom stereocenters. The number of rotatable bonds is 3. The molecule has 124 valence electrons. The molecule has 1 saturated heterocycles. The number of amides is 2. The molecule has 0 unspecified atom stereocenters. The first-order valence-corrected chi connectivity index (χ1v) is 8.34. The maximum absolute atomic E-state index is 12.5. The minimum Gasteiger partial charge on any atom is -0.375 e. The first-order valence-electron chi connectivity index (χ1n) is 8.34. The average Bonchev–Trinajstić information content (AvgIpc) is 2.54. The van der Waals surface area contributed by atoms with Crippen LogP contribution in [0.4, 0.5) is 5.69 Å². The van der Waals surface area contributed by atoms with E-state index in [1.807, 2.05) is 43.0 Å². The van der Waals surface area contributed by atoms with Crippen LogP contribution in [0.5, 0.6) is 0 Å². The Hall–Kier alpha value is -1.88. The fourth-order valence-electron chi connectivity index (χ4n) is 3.34. The summed E-state index contributed by atoms with van der Waals surface area (Å²) in [6, 6.07) is 7.97. The van der Waals surface area contributed by atoms with Crippen molar-refractivity contribution in [1.82, 2.24) is 4.90 Å². The molecule has 2 amide bonds. The highest BCUT2D eigenvalue weighted by Crippen LogP contribution is 2.28. The average molecular weight is 316 g/mol. The van der Waals surface area contributed by atoms with Gasteiger partial charge in [0.1, 0.15) is 0 Å². The summed E-state index contributed by atoms with van der Waals surface area (Å²) in [5.74, 6) is 0.0295. The molecular weight excluding hydrogens is 292 g/mol. The number of benzene rings is 1. The van der Waals surface area contributed by atoms with Crippen molar-refractivity contribution >= 4 is 17.5 Å². The summed E-state index contributed by atoms with van der Waals surface area (Å²) in [5.41, 5.74) is 2.05. The van der Waals surface area contributed by atoms with E-state index < -0.39 is 0 Å². The monoisotopic (exact) mass is 316 g/mol. The van der Waals surface area contributed by atoms with E-state index in [9.17, 15) is 9.59 Å². The molecular formula is C18H24N2O3. The van der Waals surface area contributed by atoms with Crippen LogP contribution in [-0.2, 0) is 20.7 Å². The third kappa shape index (κ3) is 3.55. The minimum absolute atomic E-state index is 0.0277.